The van der Waals surface area contributed by atoms with Crippen molar-refractivity contribution in [1.29, 1.82) is 0 Å². The van der Waals surface area contributed by atoms with Crippen molar-refractivity contribution in [1.82, 2.24) is 5.32 Å². The Bertz CT molecular complexity index is 2090. The zero-order chi connectivity index (χ0) is 36.4. The quantitative estimate of drug-likeness (QED) is 0.103. The number of rotatable bonds is 16. The number of benzene rings is 5. The first-order valence-corrected chi connectivity index (χ1v) is 19.4. The van der Waals surface area contributed by atoms with Gasteiger partial charge in [-0.1, -0.05) is 78.5 Å². The molecule has 0 saturated heterocycles. The van der Waals surface area contributed by atoms with Crippen molar-refractivity contribution in [3.63, 3.8) is 0 Å². The van der Waals surface area contributed by atoms with Crippen LogP contribution in [-0.4, -0.2) is 56.9 Å². The van der Waals surface area contributed by atoms with Crippen LogP contribution in [0.5, 0.6) is 11.5 Å². The minimum Gasteiger partial charge on any atom is -0.497 e. The predicted octanol–water partition coefficient (Wildman–Crippen LogP) is 7.04. The molecule has 5 aromatic rings. The fourth-order valence-electron chi connectivity index (χ4n) is 5.90. The number of ether oxygens (including phenoxy) is 3. The summed E-state index contributed by atoms with van der Waals surface area (Å²) < 4.78 is 45.3. The standard InChI is InChI=1S/C41H40N2O7S2/c1-48-34-14-10-13-31(28-34)38-41(24-27-52(46,47)36-17-6-3-7-18-36,43-39(50-38)30-20-22-33(23-21-30)49-26-11-25-44)40(45)42-29-32-12-8-9-19-37(32)51-35-15-4-2-5-16-35/h2-10,12-23,28,38,44H,11,24-27,29H2,1H3,(H,42,45)/t38-,41-/m1/s1. The van der Waals surface area contributed by atoms with E-state index in [2.05, 4.69) is 5.32 Å². The first-order valence-electron chi connectivity index (χ1n) is 16.9. The van der Waals surface area contributed by atoms with E-state index in [0.29, 0.717) is 35.7 Å². The van der Waals surface area contributed by atoms with Crippen LogP contribution in [0.1, 0.15) is 35.6 Å². The molecule has 268 valence electrons. The van der Waals surface area contributed by atoms with E-state index in [-0.39, 0.29) is 36.1 Å². The first kappa shape index (κ1) is 36.7. The number of carbonyl (C=O) groups is 1. The third kappa shape index (κ3) is 8.67. The number of hydrogen-bond donors (Lipinski definition) is 2. The predicted molar refractivity (Wildman–Crippen MR) is 202 cm³/mol. The topological polar surface area (TPSA) is 124 Å². The molecule has 11 heteroatoms. The van der Waals surface area contributed by atoms with Gasteiger partial charge in [-0.25, -0.2) is 13.4 Å². The lowest BCUT2D eigenvalue weighted by atomic mass is 9.85. The summed E-state index contributed by atoms with van der Waals surface area (Å²) in [5.41, 5.74) is 0.415. The maximum absolute atomic E-state index is 14.8. The van der Waals surface area contributed by atoms with Crippen molar-refractivity contribution in [2.75, 3.05) is 26.1 Å². The molecule has 52 heavy (non-hydrogen) atoms. The Hall–Kier alpha value is -5.10. The Labute approximate surface area is 308 Å². The Morgan fingerprint density at radius 1 is 0.885 bits per heavy atom. The smallest absolute Gasteiger partial charge is 0.252 e. The van der Waals surface area contributed by atoms with E-state index in [1.807, 2.05) is 60.7 Å². The molecule has 6 rings (SSSR count). The van der Waals surface area contributed by atoms with Gasteiger partial charge in [0.2, 0.25) is 5.90 Å². The molecule has 0 spiro atoms. The summed E-state index contributed by atoms with van der Waals surface area (Å²) in [5.74, 6) is 0.523. The van der Waals surface area contributed by atoms with Crippen LogP contribution >= 0.6 is 11.8 Å². The molecule has 0 aliphatic carbocycles. The highest BCUT2D eigenvalue weighted by Gasteiger charge is 2.53. The van der Waals surface area contributed by atoms with E-state index in [1.54, 1.807) is 91.7 Å². The van der Waals surface area contributed by atoms with Crippen LogP contribution in [0, 0.1) is 0 Å². The van der Waals surface area contributed by atoms with Crippen molar-refractivity contribution in [2.45, 2.75) is 45.7 Å². The van der Waals surface area contributed by atoms with Crippen LogP contribution < -0.4 is 14.8 Å². The molecule has 2 atom stereocenters. The number of nitrogens with zero attached hydrogens (tertiary/aromatic N) is 1. The first-order chi connectivity index (χ1) is 25.3. The van der Waals surface area contributed by atoms with Crippen LogP contribution in [0.15, 0.2) is 153 Å². The van der Waals surface area contributed by atoms with Crippen molar-refractivity contribution in [3.05, 3.63) is 150 Å². The highest BCUT2D eigenvalue weighted by atomic mass is 32.2. The number of hydrogen-bond acceptors (Lipinski definition) is 9. The molecule has 0 bridgehead atoms. The van der Waals surface area contributed by atoms with Gasteiger partial charge in [-0.3, -0.25) is 4.79 Å². The fourth-order valence-corrected chi connectivity index (χ4v) is 8.26. The van der Waals surface area contributed by atoms with Gasteiger partial charge in [0.1, 0.15) is 11.5 Å². The van der Waals surface area contributed by atoms with Gasteiger partial charge in [0.15, 0.2) is 21.5 Å². The molecular formula is C41H40N2O7S2. The van der Waals surface area contributed by atoms with E-state index < -0.39 is 27.4 Å². The highest BCUT2D eigenvalue weighted by molar-refractivity contribution is 7.99. The van der Waals surface area contributed by atoms with Crippen LogP contribution in [-0.2, 0) is 25.9 Å². The lowest BCUT2D eigenvalue weighted by Gasteiger charge is -2.31. The number of sulfone groups is 1. The minimum absolute atomic E-state index is 0.0238. The second-order valence-corrected chi connectivity index (χ2v) is 15.4. The molecule has 1 heterocycles. The van der Waals surface area contributed by atoms with E-state index in [9.17, 15) is 13.2 Å². The Morgan fingerprint density at radius 2 is 1.60 bits per heavy atom. The van der Waals surface area contributed by atoms with Crippen molar-refractivity contribution < 1.29 is 32.5 Å². The van der Waals surface area contributed by atoms with Gasteiger partial charge in [-0.2, -0.15) is 0 Å². The molecule has 2 N–H and O–H groups in total. The van der Waals surface area contributed by atoms with Gasteiger partial charge >= 0.3 is 0 Å². The average Bonchev–Trinajstić information content (AvgIpc) is 3.59. The van der Waals surface area contributed by atoms with E-state index in [1.165, 1.54) is 0 Å². The minimum atomic E-state index is -3.81. The lowest BCUT2D eigenvalue weighted by Crippen LogP contribution is -2.49. The molecule has 0 radical (unpaired) electrons. The van der Waals surface area contributed by atoms with Crippen LogP contribution in [0.3, 0.4) is 0 Å². The van der Waals surface area contributed by atoms with Gasteiger partial charge < -0.3 is 24.6 Å². The Kier molecular flexibility index (Phi) is 12.0. The van der Waals surface area contributed by atoms with Gasteiger partial charge in [0.25, 0.3) is 5.91 Å². The maximum atomic E-state index is 14.8. The van der Waals surface area contributed by atoms with Gasteiger partial charge in [-0.05, 0) is 77.9 Å². The summed E-state index contributed by atoms with van der Waals surface area (Å²) in [6.07, 6.45) is -0.652. The molecule has 9 nitrogen and oxygen atoms in total. The molecular weight excluding hydrogens is 697 g/mol. The largest absolute Gasteiger partial charge is 0.497 e. The number of methoxy groups -OCH3 is 1. The number of aliphatic hydroxyl groups is 1. The maximum Gasteiger partial charge on any atom is 0.252 e. The van der Waals surface area contributed by atoms with Crippen LogP contribution in [0.2, 0.25) is 0 Å². The molecule has 0 saturated carbocycles. The summed E-state index contributed by atoms with van der Waals surface area (Å²) in [4.78, 5) is 22.0. The third-order valence-electron chi connectivity index (χ3n) is 8.66. The molecule has 1 aliphatic heterocycles. The monoisotopic (exact) mass is 736 g/mol. The molecule has 1 aliphatic rings. The van der Waals surface area contributed by atoms with E-state index in [4.69, 9.17) is 24.3 Å². The van der Waals surface area contributed by atoms with E-state index in [0.717, 1.165) is 15.4 Å². The second kappa shape index (κ2) is 16.9. The Balaban J connectivity index is 1.39. The molecule has 0 unspecified atom stereocenters. The molecule has 1 amide bonds. The van der Waals surface area contributed by atoms with Gasteiger partial charge in [0.05, 0.1) is 24.4 Å². The highest BCUT2D eigenvalue weighted by Crippen LogP contribution is 2.44. The Morgan fingerprint density at radius 3 is 2.33 bits per heavy atom. The summed E-state index contributed by atoms with van der Waals surface area (Å²) >= 11 is 1.60. The zero-order valence-corrected chi connectivity index (χ0v) is 30.3. The summed E-state index contributed by atoms with van der Waals surface area (Å²) in [5, 5.41) is 12.2. The molecule has 5 aromatic carbocycles. The summed E-state index contributed by atoms with van der Waals surface area (Å²) in [6.45, 7) is 0.560. The molecule has 0 fully saturated rings. The number of nitrogens with one attached hydrogen (secondary N) is 1. The lowest BCUT2D eigenvalue weighted by molar-refractivity contribution is -0.129. The van der Waals surface area contributed by atoms with Crippen molar-refractivity contribution in [2.24, 2.45) is 4.99 Å². The van der Waals surface area contributed by atoms with Crippen molar-refractivity contribution in [3.8, 4) is 11.5 Å². The number of carbonyl (C=O) groups excluding carboxylic acids is 1. The number of aliphatic imine (C=N–C) groups is 1. The number of aliphatic hydroxyl groups excluding tert-OH is 1. The van der Waals surface area contributed by atoms with Crippen molar-refractivity contribution >= 4 is 33.4 Å². The van der Waals surface area contributed by atoms with E-state index >= 15 is 0 Å². The average molecular weight is 737 g/mol. The van der Waals surface area contributed by atoms with Crippen LogP contribution in [0.4, 0.5) is 0 Å². The normalized spacial score (nSPS) is 16.8. The second-order valence-electron chi connectivity index (χ2n) is 12.2. The van der Waals surface area contributed by atoms with Gasteiger partial charge in [-0.15, -0.1) is 0 Å². The fraction of sp³-hybridized carbons (Fsp3) is 0.220. The van der Waals surface area contributed by atoms with Gasteiger partial charge in [0, 0.05) is 41.3 Å². The SMILES string of the molecule is COc1cccc([C@H]2OC(c3ccc(OCCCO)cc3)=N[C@@]2(CCS(=O)(=O)c2ccccc2)C(=O)NCc2ccccc2Sc2ccccc2)c1. The summed E-state index contributed by atoms with van der Waals surface area (Å²) in [6, 6.07) is 40.3. The summed E-state index contributed by atoms with van der Waals surface area (Å²) in [7, 11) is -2.26. The van der Waals surface area contributed by atoms with Crippen LogP contribution in [0.25, 0.3) is 0 Å². The molecule has 0 aromatic heterocycles. The third-order valence-corrected chi connectivity index (χ3v) is 11.5. The zero-order valence-electron chi connectivity index (χ0n) is 28.7. The number of amides is 1.